The molecule has 29 heavy (non-hydrogen) atoms. The summed E-state index contributed by atoms with van der Waals surface area (Å²) in [7, 11) is -3.78. The molecule has 2 aliphatic rings. The quantitative estimate of drug-likeness (QED) is 0.703. The Morgan fingerprint density at radius 2 is 2.03 bits per heavy atom. The third-order valence-corrected chi connectivity index (χ3v) is 5.78. The second-order valence-electron chi connectivity index (χ2n) is 6.57. The summed E-state index contributed by atoms with van der Waals surface area (Å²) in [5.41, 5.74) is 1.14. The SMILES string of the molecule is O=C1COc2cc(C(=O)Nc3cccc(S(=O)(=O)NC4=NCCC4)c3)ccc2N1. The van der Waals surface area contributed by atoms with Crippen LogP contribution in [0.1, 0.15) is 23.2 Å². The van der Waals surface area contributed by atoms with Crippen molar-refractivity contribution in [3.8, 4) is 5.75 Å². The first-order valence-corrected chi connectivity index (χ1v) is 10.4. The van der Waals surface area contributed by atoms with Crippen LogP contribution >= 0.6 is 0 Å². The molecule has 3 N–H and O–H groups in total. The van der Waals surface area contributed by atoms with Gasteiger partial charge in [-0.2, -0.15) is 0 Å². The number of amidine groups is 1. The van der Waals surface area contributed by atoms with Crippen LogP contribution in [0, 0.1) is 0 Å². The summed E-state index contributed by atoms with van der Waals surface area (Å²) in [5.74, 6) is 0.150. The van der Waals surface area contributed by atoms with Crippen molar-refractivity contribution < 1.29 is 22.7 Å². The number of nitrogens with one attached hydrogen (secondary N) is 3. The van der Waals surface area contributed by atoms with Gasteiger partial charge in [0.1, 0.15) is 11.6 Å². The Morgan fingerprint density at radius 3 is 2.83 bits per heavy atom. The number of sulfonamides is 1. The summed E-state index contributed by atoms with van der Waals surface area (Å²) in [6.45, 7) is 0.498. The minimum atomic E-state index is -3.78. The summed E-state index contributed by atoms with van der Waals surface area (Å²) in [6.07, 6.45) is 1.42. The van der Waals surface area contributed by atoms with Gasteiger partial charge >= 0.3 is 0 Å². The van der Waals surface area contributed by atoms with Gasteiger partial charge < -0.3 is 15.4 Å². The smallest absolute Gasteiger partial charge is 0.262 e. The summed E-state index contributed by atoms with van der Waals surface area (Å²) in [6, 6.07) is 10.6. The normalized spacial score (nSPS) is 15.6. The Bertz CT molecular complexity index is 1130. The monoisotopic (exact) mass is 414 g/mol. The van der Waals surface area contributed by atoms with E-state index in [1.165, 1.54) is 18.2 Å². The molecule has 2 aromatic rings. The highest BCUT2D eigenvalue weighted by atomic mass is 32.2. The van der Waals surface area contributed by atoms with E-state index in [1.54, 1.807) is 24.3 Å². The van der Waals surface area contributed by atoms with E-state index in [1.807, 2.05) is 0 Å². The Hall–Kier alpha value is -3.40. The Labute approximate surface area is 167 Å². The largest absolute Gasteiger partial charge is 0.482 e. The number of carbonyl (C=O) groups excluding carboxylic acids is 2. The van der Waals surface area contributed by atoms with E-state index in [0.29, 0.717) is 41.5 Å². The summed E-state index contributed by atoms with van der Waals surface area (Å²) >= 11 is 0. The standard InChI is InChI=1S/C19H18N4O5S/c24-18-11-28-16-9-12(6-7-15(16)22-18)19(25)21-13-3-1-4-14(10-13)29(26,27)23-17-5-2-8-20-17/h1,3-4,6-7,9-10H,2,5,8,11H2,(H,20,23)(H,21,25)(H,22,24). The van der Waals surface area contributed by atoms with Gasteiger partial charge in [0.2, 0.25) is 0 Å². The second kappa shape index (κ2) is 7.55. The van der Waals surface area contributed by atoms with Gasteiger partial charge in [-0.3, -0.25) is 19.3 Å². The van der Waals surface area contributed by atoms with Gasteiger partial charge in [-0.05, 0) is 42.8 Å². The zero-order valence-electron chi connectivity index (χ0n) is 15.3. The fourth-order valence-electron chi connectivity index (χ4n) is 3.00. The van der Waals surface area contributed by atoms with Crippen LogP contribution < -0.4 is 20.1 Å². The van der Waals surface area contributed by atoms with Gasteiger partial charge in [0.05, 0.1) is 10.6 Å². The van der Waals surface area contributed by atoms with Crippen molar-refractivity contribution >= 4 is 39.0 Å². The molecule has 0 aliphatic carbocycles. The van der Waals surface area contributed by atoms with Gasteiger partial charge in [-0.25, -0.2) is 8.42 Å². The minimum Gasteiger partial charge on any atom is -0.482 e. The fraction of sp³-hybridized carbons (Fsp3) is 0.211. The fourth-order valence-corrected chi connectivity index (χ4v) is 4.13. The maximum Gasteiger partial charge on any atom is 0.262 e. The van der Waals surface area contributed by atoms with E-state index in [4.69, 9.17) is 4.74 Å². The molecule has 0 spiro atoms. The van der Waals surface area contributed by atoms with Gasteiger partial charge in [-0.15, -0.1) is 0 Å². The number of rotatable bonds is 4. The summed E-state index contributed by atoms with van der Waals surface area (Å²) < 4.78 is 32.8. The van der Waals surface area contributed by atoms with Gasteiger partial charge in [0.25, 0.3) is 21.8 Å². The minimum absolute atomic E-state index is 0.0291. The van der Waals surface area contributed by atoms with Crippen LogP contribution in [0.4, 0.5) is 11.4 Å². The van der Waals surface area contributed by atoms with Crippen molar-refractivity contribution in [2.75, 3.05) is 23.8 Å². The first-order chi connectivity index (χ1) is 13.9. The van der Waals surface area contributed by atoms with Gasteiger partial charge in [0.15, 0.2) is 6.61 Å². The lowest BCUT2D eigenvalue weighted by Crippen LogP contribution is -2.29. The Balaban J connectivity index is 1.50. The lowest BCUT2D eigenvalue weighted by molar-refractivity contribution is -0.118. The van der Waals surface area contributed by atoms with E-state index in [9.17, 15) is 18.0 Å². The predicted octanol–water partition coefficient (Wildman–Crippen LogP) is 1.74. The zero-order chi connectivity index (χ0) is 20.4. The highest BCUT2D eigenvalue weighted by molar-refractivity contribution is 7.90. The van der Waals surface area contributed by atoms with Crippen molar-refractivity contribution in [1.82, 2.24) is 4.72 Å². The molecule has 2 aromatic carbocycles. The average Bonchev–Trinajstić information content (AvgIpc) is 3.20. The van der Waals surface area contributed by atoms with E-state index < -0.39 is 15.9 Å². The lowest BCUT2D eigenvalue weighted by atomic mass is 10.1. The summed E-state index contributed by atoms with van der Waals surface area (Å²) in [5, 5.41) is 5.33. The molecule has 0 fully saturated rings. The maximum absolute atomic E-state index is 12.6. The number of nitrogens with zero attached hydrogens (tertiary/aromatic N) is 1. The molecule has 0 radical (unpaired) electrons. The molecule has 0 unspecified atom stereocenters. The molecular formula is C19H18N4O5S. The van der Waals surface area contributed by atoms with Crippen molar-refractivity contribution in [3.63, 3.8) is 0 Å². The number of anilines is 2. The van der Waals surface area contributed by atoms with Crippen LogP contribution in [0.15, 0.2) is 52.4 Å². The molecule has 150 valence electrons. The molecule has 0 saturated heterocycles. The van der Waals surface area contributed by atoms with E-state index >= 15 is 0 Å². The van der Waals surface area contributed by atoms with Crippen molar-refractivity contribution in [1.29, 1.82) is 0 Å². The zero-order valence-corrected chi connectivity index (χ0v) is 16.1. The van der Waals surface area contributed by atoms with Crippen LogP contribution in [0.25, 0.3) is 0 Å². The van der Waals surface area contributed by atoms with E-state index in [0.717, 1.165) is 6.42 Å². The van der Waals surface area contributed by atoms with Crippen LogP contribution in [0.5, 0.6) is 5.75 Å². The number of benzene rings is 2. The lowest BCUT2D eigenvalue weighted by Gasteiger charge is -2.18. The van der Waals surface area contributed by atoms with Crippen LogP contribution in [-0.4, -0.2) is 39.2 Å². The molecule has 0 atom stereocenters. The topological polar surface area (TPSA) is 126 Å². The number of hydrogen-bond acceptors (Lipinski definition) is 6. The van der Waals surface area contributed by atoms with Crippen LogP contribution in [-0.2, 0) is 14.8 Å². The number of ether oxygens (including phenoxy) is 1. The molecule has 0 aromatic heterocycles. The number of carbonyl (C=O) groups is 2. The Morgan fingerprint density at radius 1 is 1.17 bits per heavy atom. The molecule has 2 aliphatic heterocycles. The van der Waals surface area contributed by atoms with Crippen molar-refractivity contribution in [3.05, 3.63) is 48.0 Å². The first kappa shape index (κ1) is 18.9. The van der Waals surface area contributed by atoms with Gasteiger partial charge in [-0.1, -0.05) is 6.07 Å². The highest BCUT2D eigenvalue weighted by Gasteiger charge is 2.20. The molecule has 10 heteroatoms. The Kier molecular flexibility index (Phi) is 4.93. The molecule has 2 amide bonds. The molecular weight excluding hydrogens is 396 g/mol. The third kappa shape index (κ3) is 4.21. The first-order valence-electron chi connectivity index (χ1n) is 8.95. The van der Waals surface area contributed by atoms with Crippen molar-refractivity contribution in [2.24, 2.45) is 4.99 Å². The highest BCUT2D eigenvalue weighted by Crippen LogP contribution is 2.29. The van der Waals surface area contributed by atoms with Crippen LogP contribution in [0.2, 0.25) is 0 Å². The molecule has 4 rings (SSSR count). The van der Waals surface area contributed by atoms with E-state index in [2.05, 4.69) is 20.3 Å². The molecule has 0 bridgehead atoms. The number of hydrogen-bond donors (Lipinski definition) is 3. The van der Waals surface area contributed by atoms with Gasteiger partial charge in [0, 0.05) is 24.2 Å². The van der Waals surface area contributed by atoms with E-state index in [-0.39, 0.29) is 17.4 Å². The number of fused-ring (bicyclic) bond motifs is 1. The molecule has 0 saturated carbocycles. The van der Waals surface area contributed by atoms with Crippen molar-refractivity contribution in [2.45, 2.75) is 17.7 Å². The van der Waals surface area contributed by atoms with Crippen LogP contribution in [0.3, 0.4) is 0 Å². The molecule has 2 heterocycles. The number of amides is 2. The third-order valence-electron chi connectivity index (χ3n) is 4.41. The number of aliphatic imine (C=N–C) groups is 1. The predicted molar refractivity (Wildman–Crippen MR) is 107 cm³/mol. The second-order valence-corrected chi connectivity index (χ2v) is 8.25. The maximum atomic E-state index is 12.6. The molecule has 9 nitrogen and oxygen atoms in total. The average molecular weight is 414 g/mol. The summed E-state index contributed by atoms with van der Waals surface area (Å²) in [4.78, 5) is 28.0.